The largest absolute Gasteiger partial charge is 0.293 e. The Balaban J connectivity index is 1.75. The van der Waals surface area contributed by atoms with E-state index in [2.05, 4.69) is 10.2 Å². The van der Waals surface area contributed by atoms with Crippen molar-refractivity contribution in [2.24, 2.45) is 0 Å². The molecule has 2 aromatic heterocycles. The van der Waals surface area contributed by atoms with E-state index in [0.29, 0.717) is 22.3 Å². The maximum atomic E-state index is 13.2. The first-order valence-corrected chi connectivity index (χ1v) is 8.04. The van der Waals surface area contributed by atoms with Crippen molar-refractivity contribution in [3.05, 3.63) is 87.4 Å². The lowest BCUT2D eigenvalue weighted by Gasteiger charge is -2.06. The van der Waals surface area contributed by atoms with Crippen LogP contribution in [0.1, 0.15) is 5.56 Å². The quantitative estimate of drug-likeness (QED) is 0.552. The third-order valence-corrected chi connectivity index (χ3v) is 4.32. The Morgan fingerprint density at radius 3 is 2.46 bits per heavy atom. The van der Waals surface area contributed by atoms with Crippen LogP contribution in [-0.2, 0) is 6.54 Å². The van der Waals surface area contributed by atoms with Gasteiger partial charge in [0.2, 0.25) is 0 Å². The van der Waals surface area contributed by atoms with Gasteiger partial charge in [-0.3, -0.25) is 4.79 Å². The summed E-state index contributed by atoms with van der Waals surface area (Å²) in [6.07, 6.45) is 1.40. The highest BCUT2D eigenvalue weighted by Gasteiger charge is 2.12. The van der Waals surface area contributed by atoms with Crippen molar-refractivity contribution in [3.63, 3.8) is 0 Å². The molecule has 0 amide bonds. The monoisotopic (exact) mass is 372 g/mol. The molecule has 4 rings (SSSR count). The molecule has 0 spiro atoms. The predicted molar refractivity (Wildman–Crippen MR) is 93.2 cm³/mol. The third-order valence-electron chi connectivity index (χ3n) is 3.96. The summed E-state index contributed by atoms with van der Waals surface area (Å²) in [7, 11) is 0. The first-order valence-electron chi connectivity index (χ1n) is 7.66. The molecule has 2 aromatic carbocycles. The zero-order valence-electron chi connectivity index (χ0n) is 13.2. The number of aromatic nitrogens is 4. The van der Waals surface area contributed by atoms with Crippen molar-refractivity contribution in [1.82, 2.24) is 19.4 Å². The van der Waals surface area contributed by atoms with Gasteiger partial charge in [-0.15, -0.1) is 0 Å². The molecule has 5 nitrogen and oxygen atoms in total. The van der Waals surface area contributed by atoms with Gasteiger partial charge in [-0.2, -0.15) is 10.2 Å². The van der Waals surface area contributed by atoms with Gasteiger partial charge in [-0.1, -0.05) is 17.7 Å². The van der Waals surface area contributed by atoms with Crippen LogP contribution in [0.5, 0.6) is 0 Å². The molecule has 0 bridgehead atoms. The van der Waals surface area contributed by atoms with E-state index in [4.69, 9.17) is 11.6 Å². The topological polar surface area (TPSA) is 52.2 Å². The molecule has 0 atom stereocenters. The number of nitrogens with zero attached hydrogens (tertiary/aromatic N) is 4. The Kier molecular flexibility index (Phi) is 4.00. The van der Waals surface area contributed by atoms with E-state index in [1.165, 1.54) is 45.9 Å². The smallest absolute Gasteiger partial charge is 0.265 e. The van der Waals surface area contributed by atoms with Crippen LogP contribution in [0.3, 0.4) is 0 Å². The van der Waals surface area contributed by atoms with E-state index in [9.17, 15) is 13.6 Å². The fourth-order valence-corrected chi connectivity index (χ4v) is 2.85. The molecule has 0 aliphatic carbocycles. The molecule has 2 heterocycles. The van der Waals surface area contributed by atoms with Gasteiger partial charge in [0.25, 0.3) is 5.56 Å². The summed E-state index contributed by atoms with van der Waals surface area (Å²) in [5.74, 6) is -0.799. The minimum atomic E-state index is -0.450. The number of hydrogen-bond acceptors (Lipinski definition) is 3. The molecular formula is C18H11ClF2N4O. The van der Waals surface area contributed by atoms with E-state index in [-0.39, 0.29) is 22.9 Å². The lowest BCUT2D eigenvalue weighted by Crippen LogP contribution is -2.25. The highest BCUT2D eigenvalue weighted by atomic mass is 35.5. The van der Waals surface area contributed by atoms with Gasteiger partial charge in [0.15, 0.2) is 0 Å². The van der Waals surface area contributed by atoms with E-state index < -0.39 is 5.82 Å². The van der Waals surface area contributed by atoms with E-state index in [0.717, 1.165) is 0 Å². The average molecular weight is 373 g/mol. The Bertz CT molecular complexity index is 1170. The van der Waals surface area contributed by atoms with Gasteiger partial charge in [0.1, 0.15) is 23.5 Å². The first kappa shape index (κ1) is 16.4. The molecule has 0 fully saturated rings. The Labute approximate surface area is 151 Å². The molecule has 0 saturated heterocycles. The second-order valence-corrected chi connectivity index (χ2v) is 6.10. The van der Waals surface area contributed by atoms with Gasteiger partial charge in [0, 0.05) is 10.6 Å². The van der Waals surface area contributed by atoms with Crippen LogP contribution in [0.4, 0.5) is 8.78 Å². The summed E-state index contributed by atoms with van der Waals surface area (Å²) in [5.41, 5.74) is 1.74. The maximum Gasteiger partial charge on any atom is 0.293 e. The molecule has 0 saturated carbocycles. The minimum Gasteiger partial charge on any atom is -0.265 e. The molecule has 130 valence electrons. The summed E-state index contributed by atoms with van der Waals surface area (Å²) in [6, 6.07) is 11.4. The fourth-order valence-electron chi connectivity index (χ4n) is 2.62. The van der Waals surface area contributed by atoms with Crippen molar-refractivity contribution < 1.29 is 8.78 Å². The summed E-state index contributed by atoms with van der Waals surface area (Å²) < 4.78 is 28.8. The number of benzene rings is 2. The second kappa shape index (κ2) is 6.34. The molecular weight excluding hydrogens is 362 g/mol. The lowest BCUT2D eigenvalue weighted by molar-refractivity contribution is 0.611. The third kappa shape index (κ3) is 2.97. The van der Waals surface area contributed by atoms with Crippen molar-refractivity contribution in [2.75, 3.05) is 0 Å². The van der Waals surface area contributed by atoms with Crippen LogP contribution in [0.2, 0.25) is 5.02 Å². The normalized spacial score (nSPS) is 11.2. The van der Waals surface area contributed by atoms with E-state index in [1.807, 2.05) is 0 Å². The standard InChI is InChI=1S/C18H11ClF2N4O/c19-15-7-14(21)6-3-12(15)9-24-18(26)17-8-16(23-25(17)10-22-24)11-1-4-13(20)5-2-11/h1-8,10H,9H2. The van der Waals surface area contributed by atoms with Gasteiger partial charge in [-0.05, 0) is 48.0 Å². The highest BCUT2D eigenvalue weighted by molar-refractivity contribution is 6.31. The molecule has 8 heteroatoms. The summed E-state index contributed by atoms with van der Waals surface area (Å²) in [4.78, 5) is 12.7. The summed E-state index contributed by atoms with van der Waals surface area (Å²) in [5, 5.41) is 8.59. The van der Waals surface area contributed by atoms with Crippen LogP contribution in [0.15, 0.2) is 59.7 Å². The number of halogens is 3. The fraction of sp³-hybridized carbons (Fsp3) is 0.0556. The molecule has 0 N–H and O–H groups in total. The second-order valence-electron chi connectivity index (χ2n) is 5.70. The van der Waals surface area contributed by atoms with Crippen molar-refractivity contribution in [3.8, 4) is 11.3 Å². The Hall–Kier alpha value is -3.06. The van der Waals surface area contributed by atoms with Gasteiger partial charge >= 0.3 is 0 Å². The van der Waals surface area contributed by atoms with Crippen LogP contribution in [-0.4, -0.2) is 19.4 Å². The first-order chi connectivity index (χ1) is 12.5. The zero-order chi connectivity index (χ0) is 18.3. The Morgan fingerprint density at radius 2 is 1.73 bits per heavy atom. The van der Waals surface area contributed by atoms with Crippen LogP contribution in [0.25, 0.3) is 16.8 Å². The number of hydrogen-bond donors (Lipinski definition) is 0. The van der Waals surface area contributed by atoms with Crippen LogP contribution in [0, 0.1) is 11.6 Å². The van der Waals surface area contributed by atoms with Gasteiger partial charge in [0.05, 0.1) is 12.2 Å². The zero-order valence-corrected chi connectivity index (χ0v) is 14.0. The summed E-state index contributed by atoms with van der Waals surface area (Å²) >= 11 is 6.02. The van der Waals surface area contributed by atoms with Gasteiger partial charge < -0.3 is 0 Å². The maximum absolute atomic E-state index is 13.2. The Morgan fingerprint density at radius 1 is 1.00 bits per heavy atom. The van der Waals surface area contributed by atoms with E-state index >= 15 is 0 Å². The number of fused-ring (bicyclic) bond motifs is 1. The molecule has 26 heavy (non-hydrogen) atoms. The molecule has 0 aliphatic rings. The molecule has 0 aliphatic heterocycles. The average Bonchev–Trinajstić information content (AvgIpc) is 3.05. The predicted octanol–water partition coefficient (Wildman–Crippen LogP) is 3.54. The SMILES string of the molecule is O=c1c2cc(-c3ccc(F)cc3)nn2cnn1Cc1ccc(F)cc1Cl. The summed E-state index contributed by atoms with van der Waals surface area (Å²) in [6.45, 7) is 0.103. The van der Waals surface area contributed by atoms with Crippen molar-refractivity contribution in [1.29, 1.82) is 0 Å². The molecule has 0 unspecified atom stereocenters. The number of rotatable bonds is 3. The lowest BCUT2D eigenvalue weighted by atomic mass is 10.1. The highest BCUT2D eigenvalue weighted by Crippen LogP contribution is 2.20. The van der Waals surface area contributed by atoms with Gasteiger partial charge in [-0.25, -0.2) is 18.0 Å². The molecule has 0 radical (unpaired) electrons. The molecule has 4 aromatic rings. The van der Waals surface area contributed by atoms with Crippen LogP contribution < -0.4 is 5.56 Å². The van der Waals surface area contributed by atoms with Crippen molar-refractivity contribution >= 4 is 17.1 Å². The van der Waals surface area contributed by atoms with Crippen molar-refractivity contribution in [2.45, 2.75) is 6.54 Å². The van der Waals surface area contributed by atoms with Crippen LogP contribution >= 0.6 is 11.6 Å². The van der Waals surface area contributed by atoms with E-state index in [1.54, 1.807) is 18.2 Å². The minimum absolute atomic E-state index is 0.103.